The number of carbonyl (C=O) groups is 1. The second kappa shape index (κ2) is 5.49. The van der Waals surface area contributed by atoms with Gasteiger partial charge in [-0.2, -0.15) is 5.10 Å². The number of aryl methyl sites for hydroxylation is 1. The molecule has 1 saturated heterocycles. The molecule has 0 aliphatic carbocycles. The van der Waals surface area contributed by atoms with Crippen LogP contribution in [0.4, 0.5) is 0 Å². The summed E-state index contributed by atoms with van der Waals surface area (Å²) in [5.41, 5.74) is 1.13. The van der Waals surface area contributed by atoms with Crippen molar-refractivity contribution in [2.24, 2.45) is 7.05 Å². The monoisotopic (exact) mass is 253 g/mol. The van der Waals surface area contributed by atoms with E-state index >= 15 is 0 Å². The first kappa shape index (κ1) is 13.0. The van der Waals surface area contributed by atoms with E-state index in [1.165, 1.54) is 7.11 Å². The van der Waals surface area contributed by atoms with Gasteiger partial charge in [-0.05, 0) is 6.92 Å². The van der Waals surface area contributed by atoms with Gasteiger partial charge in [-0.15, -0.1) is 0 Å². The summed E-state index contributed by atoms with van der Waals surface area (Å²) in [7, 11) is 3.28. The predicted molar refractivity (Wildman–Crippen MR) is 64.8 cm³/mol. The molecule has 2 atom stereocenters. The summed E-state index contributed by atoms with van der Waals surface area (Å²) >= 11 is 0. The Balaban J connectivity index is 1.98. The van der Waals surface area contributed by atoms with E-state index in [4.69, 9.17) is 9.47 Å². The van der Waals surface area contributed by atoms with Crippen molar-refractivity contribution in [2.75, 3.05) is 20.2 Å². The van der Waals surface area contributed by atoms with Crippen molar-refractivity contribution in [2.45, 2.75) is 25.7 Å². The van der Waals surface area contributed by atoms with Crippen molar-refractivity contribution in [3.63, 3.8) is 0 Å². The highest BCUT2D eigenvalue weighted by Crippen LogP contribution is 2.15. The van der Waals surface area contributed by atoms with Crippen LogP contribution in [0.25, 0.3) is 0 Å². The SMILES string of the molecule is COC(=O)[C@@H]1CN(Cc2cnn(C)c2)C[C@@H](C)O1. The van der Waals surface area contributed by atoms with Crippen LogP contribution in [0.1, 0.15) is 12.5 Å². The van der Waals surface area contributed by atoms with E-state index in [9.17, 15) is 4.79 Å². The van der Waals surface area contributed by atoms with Crippen LogP contribution < -0.4 is 0 Å². The van der Waals surface area contributed by atoms with Crippen molar-refractivity contribution in [1.82, 2.24) is 14.7 Å². The van der Waals surface area contributed by atoms with Crippen LogP contribution in [-0.4, -0.2) is 53.1 Å². The number of hydrogen-bond donors (Lipinski definition) is 0. The number of ether oxygens (including phenoxy) is 2. The van der Waals surface area contributed by atoms with E-state index in [2.05, 4.69) is 10.00 Å². The summed E-state index contributed by atoms with van der Waals surface area (Å²) in [6.45, 7) is 4.11. The van der Waals surface area contributed by atoms with E-state index in [-0.39, 0.29) is 12.1 Å². The Kier molecular flexibility index (Phi) is 3.98. The molecule has 1 aliphatic heterocycles. The Bertz CT molecular complexity index is 418. The molecule has 2 rings (SSSR count). The Hall–Kier alpha value is -1.40. The van der Waals surface area contributed by atoms with Crippen LogP contribution >= 0.6 is 0 Å². The molecule has 1 aromatic rings. The number of rotatable bonds is 3. The fraction of sp³-hybridized carbons (Fsp3) is 0.667. The van der Waals surface area contributed by atoms with Crippen molar-refractivity contribution in [3.05, 3.63) is 18.0 Å². The highest BCUT2D eigenvalue weighted by molar-refractivity contribution is 5.74. The molecule has 6 nitrogen and oxygen atoms in total. The Morgan fingerprint density at radius 2 is 2.39 bits per heavy atom. The second-order valence-electron chi connectivity index (χ2n) is 4.67. The number of morpholine rings is 1. The average Bonchev–Trinajstić information content (AvgIpc) is 2.73. The van der Waals surface area contributed by atoms with Crippen molar-refractivity contribution in [3.8, 4) is 0 Å². The molecule has 2 heterocycles. The van der Waals surface area contributed by atoms with Gasteiger partial charge in [-0.1, -0.05) is 0 Å². The van der Waals surface area contributed by atoms with Crippen LogP contribution in [0.2, 0.25) is 0 Å². The number of methoxy groups -OCH3 is 1. The van der Waals surface area contributed by atoms with Crippen LogP contribution in [0.3, 0.4) is 0 Å². The van der Waals surface area contributed by atoms with E-state index in [0.717, 1.165) is 18.7 Å². The van der Waals surface area contributed by atoms with Gasteiger partial charge in [-0.3, -0.25) is 9.58 Å². The molecular weight excluding hydrogens is 234 g/mol. The molecule has 0 saturated carbocycles. The van der Waals surface area contributed by atoms with Crippen LogP contribution in [-0.2, 0) is 27.9 Å². The lowest BCUT2D eigenvalue weighted by molar-refractivity contribution is -0.166. The summed E-state index contributed by atoms with van der Waals surface area (Å²) in [6.07, 6.45) is 3.36. The Labute approximate surface area is 106 Å². The second-order valence-corrected chi connectivity index (χ2v) is 4.67. The summed E-state index contributed by atoms with van der Waals surface area (Å²) in [5, 5.41) is 4.14. The minimum absolute atomic E-state index is 0.0273. The lowest BCUT2D eigenvalue weighted by Crippen LogP contribution is -2.49. The molecule has 1 fully saturated rings. The summed E-state index contributed by atoms with van der Waals surface area (Å²) in [5.74, 6) is -0.308. The van der Waals surface area contributed by atoms with Crippen LogP contribution in [0, 0.1) is 0 Å². The van der Waals surface area contributed by atoms with Crippen molar-refractivity contribution in [1.29, 1.82) is 0 Å². The first-order chi connectivity index (χ1) is 8.58. The lowest BCUT2D eigenvalue weighted by atomic mass is 10.2. The third kappa shape index (κ3) is 3.08. The summed E-state index contributed by atoms with van der Waals surface area (Å²) in [6, 6.07) is 0. The highest BCUT2D eigenvalue weighted by atomic mass is 16.6. The maximum Gasteiger partial charge on any atom is 0.336 e. The largest absolute Gasteiger partial charge is 0.467 e. The number of hydrogen-bond acceptors (Lipinski definition) is 5. The average molecular weight is 253 g/mol. The van der Waals surface area contributed by atoms with Gasteiger partial charge in [0.1, 0.15) is 0 Å². The maximum atomic E-state index is 11.5. The minimum Gasteiger partial charge on any atom is -0.467 e. The minimum atomic E-state index is -0.490. The fourth-order valence-electron chi connectivity index (χ4n) is 2.24. The van der Waals surface area contributed by atoms with E-state index in [1.807, 2.05) is 26.4 Å². The van der Waals surface area contributed by atoms with E-state index < -0.39 is 6.10 Å². The quantitative estimate of drug-likeness (QED) is 0.719. The highest BCUT2D eigenvalue weighted by Gasteiger charge is 2.31. The van der Waals surface area contributed by atoms with Gasteiger partial charge in [0.15, 0.2) is 6.10 Å². The van der Waals surface area contributed by atoms with Gasteiger partial charge in [0.2, 0.25) is 0 Å². The number of aromatic nitrogens is 2. The zero-order valence-corrected chi connectivity index (χ0v) is 11.0. The standard InChI is InChI=1S/C12H19N3O3/c1-9-5-15(7-10-4-13-14(2)6-10)8-11(18-9)12(16)17-3/h4,6,9,11H,5,7-8H2,1-3H3/t9-,11+/m1/s1. The Morgan fingerprint density at radius 1 is 1.61 bits per heavy atom. The van der Waals surface area contributed by atoms with E-state index in [1.54, 1.807) is 4.68 Å². The zero-order valence-electron chi connectivity index (χ0n) is 11.0. The van der Waals surface area contributed by atoms with Crippen LogP contribution in [0.5, 0.6) is 0 Å². The van der Waals surface area contributed by atoms with Gasteiger partial charge in [-0.25, -0.2) is 4.79 Å². The third-order valence-electron chi connectivity index (χ3n) is 2.96. The Morgan fingerprint density at radius 3 is 3.00 bits per heavy atom. The number of nitrogens with zero attached hydrogens (tertiary/aromatic N) is 3. The van der Waals surface area contributed by atoms with E-state index in [0.29, 0.717) is 6.54 Å². The molecular formula is C12H19N3O3. The molecule has 0 aromatic carbocycles. The molecule has 0 amide bonds. The summed E-state index contributed by atoms with van der Waals surface area (Å²) in [4.78, 5) is 13.7. The predicted octanol–water partition coefficient (Wildman–Crippen LogP) is 0.182. The third-order valence-corrected chi connectivity index (χ3v) is 2.96. The smallest absolute Gasteiger partial charge is 0.336 e. The molecule has 1 aromatic heterocycles. The number of esters is 1. The topological polar surface area (TPSA) is 56.6 Å². The number of carbonyl (C=O) groups excluding carboxylic acids is 1. The normalized spacial score (nSPS) is 25.1. The lowest BCUT2D eigenvalue weighted by Gasteiger charge is -2.35. The maximum absolute atomic E-state index is 11.5. The van der Waals surface area contributed by atoms with Gasteiger partial charge in [0, 0.05) is 38.4 Å². The molecule has 0 spiro atoms. The summed E-state index contributed by atoms with van der Waals surface area (Å²) < 4.78 is 12.1. The molecule has 100 valence electrons. The van der Waals surface area contributed by atoms with Gasteiger partial charge in [0.05, 0.1) is 19.4 Å². The molecule has 0 unspecified atom stereocenters. The van der Waals surface area contributed by atoms with Gasteiger partial charge in [0.25, 0.3) is 0 Å². The molecule has 6 heteroatoms. The first-order valence-corrected chi connectivity index (χ1v) is 6.01. The van der Waals surface area contributed by atoms with Crippen molar-refractivity contribution >= 4 is 5.97 Å². The molecule has 0 N–H and O–H groups in total. The molecule has 1 aliphatic rings. The van der Waals surface area contributed by atoms with Crippen LogP contribution in [0.15, 0.2) is 12.4 Å². The first-order valence-electron chi connectivity index (χ1n) is 6.01. The molecule has 0 radical (unpaired) electrons. The van der Waals surface area contributed by atoms with Gasteiger partial charge < -0.3 is 9.47 Å². The zero-order chi connectivity index (χ0) is 13.1. The molecule has 18 heavy (non-hydrogen) atoms. The molecule has 0 bridgehead atoms. The fourth-order valence-corrected chi connectivity index (χ4v) is 2.24. The van der Waals surface area contributed by atoms with Crippen molar-refractivity contribution < 1.29 is 14.3 Å². The van der Waals surface area contributed by atoms with Gasteiger partial charge >= 0.3 is 5.97 Å².